The van der Waals surface area contributed by atoms with Gasteiger partial charge in [-0.15, -0.1) is 0 Å². The fourth-order valence-corrected chi connectivity index (χ4v) is 3.14. The molecule has 0 aromatic carbocycles. The quantitative estimate of drug-likeness (QED) is 0.190. The maximum atomic E-state index is 13.0. The first-order valence-corrected chi connectivity index (χ1v) is 9.81. The Morgan fingerprint density at radius 1 is 1.00 bits per heavy atom. The van der Waals surface area contributed by atoms with Crippen molar-refractivity contribution in [2.75, 3.05) is 6.54 Å². The maximum absolute atomic E-state index is 13.0. The lowest BCUT2D eigenvalue weighted by atomic mass is 10.0. The van der Waals surface area contributed by atoms with E-state index in [4.69, 9.17) is 22.3 Å². The average molecular weight is 442 g/mol. The third kappa shape index (κ3) is 7.51. The predicted octanol–water partition coefficient (Wildman–Crippen LogP) is -3.23. The van der Waals surface area contributed by atoms with Gasteiger partial charge in [-0.3, -0.25) is 24.0 Å². The van der Waals surface area contributed by atoms with Crippen LogP contribution in [0.15, 0.2) is 0 Å². The zero-order valence-corrected chi connectivity index (χ0v) is 17.5. The Hall–Kier alpha value is -3.22. The number of primary amides is 2. The van der Waals surface area contributed by atoms with Crippen LogP contribution < -0.4 is 27.8 Å². The van der Waals surface area contributed by atoms with E-state index in [9.17, 15) is 28.8 Å². The minimum Gasteiger partial charge on any atom is -0.480 e. The summed E-state index contributed by atoms with van der Waals surface area (Å²) in [5.41, 5.74) is 16.0. The van der Waals surface area contributed by atoms with E-state index in [1.54, 1.807) is 13.8 Å². The molecule has 1 rings (SSSR count). The Bertz CT molecular complexity index is 741. The molecule has 1 saturated heterocycles. The molecule has 0 bridgehead atoms. The molecule has 1 aliphatic rings. The third-order valence-electron chi connectivity index (χ3n) is 4.90. The number of hydrogen-bond donors (Lipinski definition) is 6. The van der Waals surface area contributed by atoms with E-state index < -0.39 is 72.5 Å². The minimum atomic E-state index is -1.55. The van der Waals surface area contributed by atoms with Crippen LogP contribution in [0.2, 0.25) is 0 Å². The highest BCUT2D eigenvalue weighted by atomic mass is 16.4. The molecular weight excluding hydrogens is 412 g/mol. The maximum Gasteiger partial charge on any atom is 0.326 e. The van der Waals surface area contributed by atoms with Crippen LogP contribution >= 0.6 is 0 Å². The van der Waals surface area contributed by atoms with Gasteiger partial charge in [0.1, 0.15) is 18.1 Å². The summed E-state index contributed by atoms with van der Waals surface area (Å²) >= 11 is 0. The first-order valence-electron chi connectivity index (χ1n) is 9.81. The number of amides is 5. The van der Waals surface area contributed by atoms with E-state index in [2.05, 4.69) is 10.6 Å². The lowest BCUT2D eigenvalue weighted by Gasteiger charge is -2.29. The summed E-state index contributed by atoms with van der Waals surface area (Å²) in [5, 5.41) is 13.8. The van der Waals surface area contributed by atoms with E-state index in [1.165, 1.54) is 0 Å². The Labute approximate surface area is 179 Å². The van der Waals surface area contributed by atoms with Crippen molar-refractivity contribution in [2.45, 2.75) is 63.7 Å². The van der Waals surface area contributed by atoms with Gasteiger partial charge < -0.3 is 37.8 Å². The Morgan fingerprint density at radius 3 is 2.03 bits per heavy atom. The van der Waals surface area contributed by atoms with Gasteiger partial charge in [-0.1, -0.05) is 13.8 Å². The smallest absolute Gasteiger partial charge is 0.326 e. The van der Waals surface area contributed by atoms with Crippen molar-refractivity contribution in [1.29, 1.82) is 0 Å². The molecule has 4 atom stereocenters. The van der Waals surface area contributed by atoms with Gasteiger partial charge in [-0.25, -0.2) is 4.79 Å². The number of hydrogen-bond acceptors (Lipinski definition) is 7. The Kier molecular flexibility index (Phi) is 9.37. The van der Waals surface area contributed by atoms with Crippen LogP contribution in [0.3, 0.4) is 0 Å². The van der Waals surface area contributed by atoms with Crippen molar-refractivity contribution < 1.29 is 33.9 Å². The van der Waals surface area contributed by atoms with Gasteiger partial charge in [0, 0.05) is 6.54 Å². The number of carbonyl (C=O) groups is 6. The number of nitrogens with zero attached hydrogens (tertiary/aromatic N) is 1. The second kappa shape index (κ2) is 11.2. The molecule has 13 nitrogen and oxygen atoms in total. The SMILES string of the molecule is CC(C)C(N)C(=O)NC(CC(N)=O)C(=O)N1CCCC1C(=O)NC(CC(N)=O)C(=O)O. The molecule has 0 aromatic rings. The highest BCUT2D eigenvalue weighted by Crippen LogP contribution is 2.20. The van der Waals surface area contributed by atoms with Crippen LogP contribution in [0, 0.1) is 5.92 Å². The lowest BCUT2D eigenvalue weighted by Crippen LogP contribution is -2.58. The zero-order valence-electron chi connectivity index (χ0n) is 17.5. The van der Waals surface area contributed by atoms with Crippen LogP contribution in [-0.2, 0) is 28.8 Å². The van der Waals surface area contributed by atoms with Crippen LogP contribution in [0.1, 0.15) is 39.5 Å². The fraction of sp³-hybridized carbons (Fsp3) is 0.667. The number of rotatable bonds is 11. The molecule has 0 aromatic heterocycles. The molecule has 174 valence electrons. The summed E-state index contributed by atoms with van der Waals surface area (Å²) in [5.74, 6) is -5.60. The van der Waals surface area contributed by atoms with E-state index in [0.29, 0.717) is 6.42 Å². The zero-order chi connectivity index (χ0) is 23.9. The number of nitrogens with two attached hydrogens (primary N) is 3. The van der Waals surface area contributed by atoms with Crippen LogP contribution in [0.5, 0.6) is 0 Å². The standard InChI is InChI=1S/C18H30N6O7/c1-8(2)14(21)16(28)22-9(6-12(19)25)17(29)24-5-3-4-11(24)15(27)23-10(18(30)31)7-13(20)26/h8-11,14H,3-7,21H2,1-2H3,(H2,19,25)(H2,20,26)(H,22,28)(H,23,27)(H,30,31). The monoisotopic (exact) mass is 442 g/mol. The molecule has 1 aliphatic heterocycles. The molecular formula is C18H30N6O7. The molecule has 4 unspecified atom stereocenters. The van der Waals surface area contributed by atoms with Crippen molar-refractivity contribution in [3.05, 3.63) is 0 Å². The van der Waals surface area contributed by atoms with Gasteiger partial charge >= 0.3 is 5.97 Å². The van der Waals surface area contributed by atoms with Crippen molar-refractivity contribution in [1.82, 2.24) is 15.5 Å². The number of carbonyl (C=O) groups excluding carboxylic acids is 5. The van der Waals surface area contributed by atoms with Gasteiger partial charge in [0.2, 0.25) is 29.5 Å². The summed E-state index contributed by atoms with van der Waals surface area (Å²) in [4.78, 5) is 72.8. The number of likely N-dealkylation sites (tertiary alicyclic amines) is 1. The summed E-state index contributed by atoms with van der Waals surface area (Å²) in [6.45, 7) is 3.56. The summed E-state index contributed by atoms with van der Waals surface area (Å²) in [6, 6.07) is -4.85. The van der Waals surface area contributed by atoms with Crippen LogP contribution in [0.25, 0.3) is 0 Å². The molecule has 13 heteroatoms. The Balaban J connectivity index is 2.98. The van der Waals surface area contributed by atoms with E-state index in [-0.39, 0.29) is 18.9 Å². The van der Waals surface area contributed by atoms with Crippen LogP contribution in [-0.4, -0.2) is 76.2 Å². The highest BCUT2D eigenvalue weighted by Gasteiger charge is 2.39. The molecule has 0 radical (unpaired) electrons. The third-order valence-corrected chi connectivity index (χ3v) is 4.90. The second-order valence-electron chi connectivity index (χ2n) is 7.76. The lowest BCUT2D eigenvalue weighted by molar-refractivity contribution is -0.146. The summed E-state index contributed by atoms with van der Waals surface area (Å²) in [7, 11) is 0. The number of aliphatic carboxylic acids is 1. The Morgan fingerprint density at radius 2 is 1.55 bits per heavy atom. The number of carboxylic acid groups (broad SMARTS) is 1. The van der Waals surface area contributed by atoms with E-state index in [0.717, 1.165) is 4.90 Å². The summed E-state index contributed by atoms with van der Waals surface area (Å²) < 4.78 is 0. The van der Waals surface area contributed by atoms with E-state index in [1.807, 2.05) is 0 Å². The highest BCUT2D eigenvalue weighted by molar-refractivity contribution is 5.97. The van der Waals surface area contributed by atoms with Gasteiger partial charge in [0.25, 0.3) is 0 Å². The molecule has 1 fully saturated rings. The van der Waals surface area contributed by atoms with Crippen molar-refractivity contribution in [2.24, 2.45) is 23.1 Å². The minimum absolute atomic E-state index is 0.145. The number of nitrogens with one attached hydrogen (secondary N) is 2. The average Bonchev–Trinajstić information content (AvgIpc) is 3.14. The van der Waals surface area contributed by atoms with Gasteiger partial charge in [-0.2, -0.15) is 0 Å². The first-order chi connectivity index (χ1) is 14.3. The molecule has 9 N–H and O–H groups in total. The molecule has 0 saturated carbocycles. The van der Waals surface area contributed by atoms with Crippen molar-refractivity contribution in [3.8, 4) is 0 Å². The molecule has 1 heterocycles. The van der Waals surface area contributed by atoms with Gasteiger partial charge in [0.15, 0.2) is 0 Å². The number of carboxylic acids is 1. The van der Waals surface area contributed by atoms with Gasteiger partial charge in [-0.05, 0) is 18.8 Å². The first kappa shape index (κ1) is 25.8. The normalized spacial score (nSPS) is 18.7. The fourth-order valence-electron chi connectivity index (χ4n) is 3.14. The van der Waals surface area contributed by atoms with Crippen LogP contribution in [0.4, 0.5) is 0 Å². The van der Waals surface area contributed by atoms with E-state index >= 15 is 0 Å². The predicted molar refractivity (Wildman–Crippen MR) is 107 cm³/mol. The van der Waals surface area contributed by atoms with Crippen molar-refractivity contribution >= 4 is 35.5 Å². The summed E-state index contributed by atoms with van der Waals surface area (Å²) in [6.07, 6.45) is -0.460. The molecule has 5 amide bonds. The second-order valence-corrected chi connectivity index (χ2v) is 7.76. The molecule has 31 heavy (non-hydrogen) atoms. The topological polar surface area (TPSA) is 228 Å². The largest absolute Gasteiger partial charge is 0.480 e. The molecule has 0 spiro atoms. The van der Waals surface area contributed by atoms with Gasteiger partial charge in [0.05, 0.1) is 18.9 Å². The van der Waals surface area contributed by atoms with Crippen molar-refractivity contribution in [3.63, 3.8) is 0 Å². The molecule has 0 aliphatic carbocycles.